The fraction of sp³-hybridized carbons (Fsp3) is 0.381. The number of piperidine rings is 1. The van der Waals surface area contributed by atoms with E-state index in [1.807, 2.05) is 18.2 Å². The van der Waals surface area contributed by atoms with Gasteiger partial charge in [-0.15, -0.1) is 0 Å². The van der Waals surface area contributed by atoms with E-state index in [9.17, 15) is 8.78 Å². The summed E-state index contributed by atoms with van der Waals surface area (Å²) in [5.74, 6) is 1.04. The zero-order chi connectivity index (χ0) is 18.5. The van der Waals surface area contributed by atoms with Gasteiger partial charge in [0.2, 0.25) is 0 Å². The topological polar surface area (TPSA) is 30.3 Å². The van der Waals surface area contributed by atoms with Crippen LogP contribution < -0.4 is 4.74 Å². The summed E-state index contributed by atoms with van der Waals surface area (Å²) in [6.45, 7) is 3.18. The van der Waals surface area contributed by atoms with Crippen LogP contribution in [-0.2, 0) is 13.6 Å². The van der Waals surface area contributed by atoms with Gasteiger partial charge in [0, 0.05) is 26.1 Å². The highest BCUT2D eigenvalue weighted by Gasteiger charge is 2.55. The van der Waals surface area contributed by atoms with Crippen molar-refractivity contribution in [3.8, 4) is 5.75 Å². The summed E-state index contributed by atoms with van der Waals surface area (Å²) in [7, 11) is 2.06. The van der Waals surface area contributed by atoms with Crippen molar-refractivity contribution in [2.45, 2.75) is 6.54 Å². The van der Waals surface area contributed by atoms with E-state index in [1.54, 1.807) is 0 Å². The Bertz CT molecular complexity index is 970. The number of imidazole rings is 1. The smallest absolute Gasteiger partial charge is 0.190 e. The van der Waals surface area contributed by atoms with Crippen molar-refractivity contribution in [3.05, 3.63) is 59.9 Å². The summed E-state index contributed by atoms with van der Waals surface area (Å²) >= 11 is 0. The maximum absolute atomic E-state index is 13.7. The monoisotopic (exact) mass is 369 g/mol. The zero-order valence-electron chi connectivity index (χ0n) is 15.1. The van der Waals surface area contributed by atoms with E-state index < -0.39 is 11.6 Å². The second-order valence-corrected chi connectivity index (χ2v) is 7.62. The fourth-order valence-electron chi connectivity index (χ4n) is 4.45. The Kier molecular flexibility index (Phi) is 3.90. The van der Waals surface area contributed by atoms with Crippen molar-refractivity contribution < 1.29 is 13.5 Å². The van der Waals surface area contributed by atoms with Gasteiger partial charge in [0.15, 0.2) is 17.4 Å². The predicted molar refractivity (Wildman–Crippen MR) is 98.3 cm³/mol. The van der Waals surface area contributed by atoms with Gasteiger partial charge in [-0.1, -0.05) is 18.2 Å². The van der Waals surface area contributed by atoms with Gasteiger partial charge in [-0.05, 0) is 36.1 Å². The molecule has 0 bridgehead atoms. The van der Waals surface area contributed by atoms with E-state index in [-0.39, 0.29) is 5.75 Å². The molecule has 1 aliphatic carbocycles. The Balaban J connectivity index is 1.18. The van der Waals surface area contributed by atoms with Crippen molar-refractivity contribution in [2.24, 2.45) is 24.8 Å². The van der Waals surface area contributed by atoms with Gasteiger partial charge in [-0.25, -0.2) is 13.8 Å². The standard InChI is InChI=1S/C21H21F2N3O/c1-25-19-8-3-2-7-18(19)24-20(25)11-26-9-13-14(10-26)15(13)12-27-21-16(22)5-4-6-17(21)23/h2-8,13-15H,9-12H2,1H3. The molecule has 0 spiro atoms. The largest absolute Gasteiger partial charge is 0.487 e. The summed E-state index contributed by atoms with van der Waals surface area (Å²) in [4.78, 5) is 7.16. The molecule has 5 rings (SSSR count). The molecule has 2 aromatic carbocycles. The van der Waals surface area contributed by atoms with E-state index in [2.05, 4.69) is 22.6 Å². The first-order chi connectivity index (χ1) is 13.1. The number of rotatable bonds is 5. The lowest BCUT2D eigenvalue weighted by Gasteiger charge is -2.19. The molecule has 2 fully saturated rings. The third kappa shape index (κ3) is 2.88. The van der Waals surface area contributed by atoms with Crippen LogP contribution in [0.2, 0.25) is 0 Å². The van der Waals surface area contributed by atoms with Crippen LogP contribution in [-0.4, -0.2) is 34.1 Å². The van der Waals surface area contributed by atoms with Crippen molar-refractivity contribution in [1.29, 1.82) is 0 Å². The molecule has 1 saturated carbocycles. The number of aromatic nitrogens is 2. The maximum atomic E-state index is 13.7. The highest BCUT2D eigenvalue weighted by molar-refractivity contribution is 5.75. The molecule has 0 N–H and O–H groups in total. The summed E-state index contributed by atoms with van der Waals surface area (Å²) < 4.78 is 34.9. The van der Waals surface area contributed by atoms with E-state index >= 15 is 0 Å². The lowest BCUT2D eigenvalue weighted by atomic mass is 10.2. The highest BCUT2D eigenvalue weighted by atomic mass is 19.1. The molecule has 2 unspecified atom stereocenters. The van der Waals surface area contributed by atoms with Crippen LogP contribution in [0.4, 0.5) is 8.78 Å². The number of fused-ring (bicyclic) bond motifs is 2. The molecule has 0 amide bonds. The molecule has 3 aromatic rings. The van der Waals surface area contributed by atoms with Gasteiger partial charge < -0.3 is 9.30 Å². The van der Waals surface area contributed by atoms with E-state index in [1.165, 1.54) is 18.2 Å². The molecule has 6 heteroatoms. The Hall–Kier alpha value is -2.47. The number of hydrogen-bond donors (Lipinski definition) is 0. The normalized spacial score (nSPS) is 24.3. The molecule has 140 valence electrons. The average Bonchev–Trinajstić information content (AvgIpc) is 2.98. The second kappa shape index (κ2) is 6.30. The number of aryl methyl sites for hydroxylation is 1. The minimum atomic E-state index is -0.635. The lowest BCUT2D eigenvalue weighted by Crippen LogP contribution is -2.26. The molecule has 4 nitrogen and oxygen atoms in total. The number of nitrogens with zero attached hydrogens (tertiary/aromatic N) is 3. The lowest BCUT2D eigenvalue weighted by molar-refractivity contribution is 0.216. The van der Waals surface area contributed by atoms with E-state index in [0.29, 0.717) is 24.4 Å². The SMILES string of the molecule is Cn1c(CN2CC3C(COc4c(F)cccc4F)C3C2)nc2ccccc21. The number of benzene rings is 2. The molecule has 2 heterocycles. The zero-order valence-corrected chi connectivity index (χ0v) is 15.1. The van der Waals surface area contributed by atoms with Crippen molar-refractivity contribution >= 4 is 11.0 Å². The van der Waals surface area contributed by atoms with Gasteiger partial charge in [-0.2, -0.15) is 0 Å². The minimum Gasteiger partial charge on any atom is -0.487 e. The first-order valence-electron chi connectivity index (χ1n) is 9.31. The average molecular weight is 369 g/mol. The van der Waals surface area contributed by atoms with Crippen molar-refractivity contribution in [1.82, 2.24) is 14.5 Å². The second-order valence-electron chi connectivity index (χ2n) is 7.62. The van der Waals surface area contributed by atoms with E-state index in [4.69, 9.17) is 9.72 Å². The van der Waals surface area contributed by atoms with Crippen LogP contribution in [0.1, 0.15) is 5.82 Å². The summed E-state index contributed by atoms with van der Waals surface area (Å²) in [5, 5.41) is 0. The van der Waals surface area contributed by atoms with Crippen LogP contribution in [0.25, 0.3) is 11.0 Å². The van der Waals surface area contributed by atoms with Crippen molar-refractivity contribution in [3.63, 3.8) is 0 Å². The Morgan fingerprint density at radius 3 is 2.44 bits per heavy atom. The minimum absolute atomic E-state index is 0.251. The predicted octanol–water partition coefficient (Wildman–Crippen LogP) is 3.61. The molecular formula is C21H21F2N3O. The summed E-state index contributed by atoms with van der Waals surface area (Å²) in [6.07, 6.45) is 0. The molecule has 27 heavy (non-hydrogen) atoms. The van der Waals surface area contributed by atoms with Crippen LogP contribution in [0.3, 0.4) is 0 Å². The maximum Gasteiger partial charge on any atom is 0.190 e. The third-order valence-corrected chi connectivity index (χ3v) is 6.03. The number of likely N-dealkylation sites (tertiary alicyclic amines) is 1. The van der Waals surface area contributed by atoms with E-state index in [0.717, 1.165) is 36.5 Å². The molecule has 1 aliphatic heterocycles. The molecular weight excluding hydrogens is 348 g/mol. The molecule has 1 aromatic heterocycles. The number of ether oxygens (including phenoxy) is 1. The van der Waals surface area contributed by atoms with Gasteiger partial charge in [-0.3, -0.25) is 4.90 Å². The summed E-state index contributed by atoms with van der Waals surface area (Å²) in [5.41, 5.74) is 2.17. The Morgan fingerprint density at radius 1 is 1.04 bits per heavy atom. The van der Waals surface area contributed by atoms with Crippen LogP contribution in [0.15, 0.2) is 42.5 Å². The van der Waals surface area contributed by atoms with Gasteiger partial charge in [0.25, 0.3) is 0 Å². The van der Waals surface area contributed by atoms with Gasteiger partial charge in [0.05, 0.1) is 24.2 Å². The number of para-hydroxylation sites is 3. The Morgan fingerprint density at radius 2 is 1.74 bits per heavy atom. The first kappa shape index (κ1) is 16.7. The van der Waals surface area contributed by atoms with Crippen LogP contribution in [0, 0.1) is 29.4 Å². The quantitative estimate of drug-likeness (QED) is 0.688. The Labute approximate surface area is 156 Å². The first-order valence-corrected chi connectivity index (χ1v) is 9.31. The number of hydrogen-bond acceptors (Lipinski definition) is 3. The van der Waals surface area contributed by atoms with Gasteiger partial charge >= 0.3 is 0 Å². The van der Waals surface area contributed by atoms with Crippen LogP contribution >= 0.6 is 0 Å². The highest BCUT2D eigenvalue weighted by Crippen LogP contribution is 2.52. The van der Waals surface area contributed by atoms with Gasteiger partial charge in [0.1, 0.15) is 5.82 Å². The summed E-state index contributed by atoms with van der Waals surface area (Å²) in [6, 6.07) is 12.0. The molecule has 2 aliphatic rings. The fourth-order valence-corrected chi connectivity index (χ4v) is 4.45. The van der Waals surface area contributed by atoms with Crippen molar-refractivity contribution in [2.75, 3.05) is 19.7 Å². The molecule has 2 atom stereocenters. The molecule has 0 radical (unpaired) electrons. The number of halogens is 2. The molecule has 1 saturated heterocycles. The van der Waals surface area contributed by atoms with Crippen LogP contribution in [0.5, 0.6) is 5.75 Å². The third-order valence-electron chi connectivity index (χ3n) is 6.03.